The third-order valence-corrected chi connectivity index (χ3v) is 2.51. The van der Waals surface area contributed by atoms with Crippen LogP contribution in [-0.2, 0) is 0 Å². The molecule has 1 heterocycles. The number of thioether (sulfide) groups is 1. The van der Waals surface area contributed by atoms with Crippen molar-refractivity contribution in [3.05, 3.63) is 6.07 Å². The van der Waals surface area contributed by atoms with Crippen LogP contribution in [0.3, 0.4) is 0 Å². The molecule has 0 saturated carbocycles. The molecule has 1 aromatic rings. The molecule has 0 aromatic carbocycles. The first-order valence-electron chi connectivity index (χ1n) is 3.17. The van der Waals surface area contributed by atoms with E-state index in [1.54, 1.807) is 6.07 Å². The van der Waals surface area contributed by atoms with Gasteiger partial charge < -0.3 is 11.5 Å². The molecule has 0 spiro atoms. The first kappa shape index (κ1) is 9.98. The third kappa shape index (κ3) is 2.18. The highest BCUT2D eigenvalue weighted by molar-refractivity contribution is 8.04. The summed E-state index contributed by atoms with van der Waals surface area (Å²) in [6, 6.07) is 1.65. The average molecular weight is 213 g/mol. The van der Waals surface area contributed by atoms with Crippen LogP contribution in [0.5, 0.6) is 0 Å². The molecule has 0 radical (unpaired) electrons. The van der Waals surface area contributed by atoms with E-state index in [9.17, 15) is 0 Å². The van der Waals surface area contributed by atoms with E-state index in [0.29, 0.717) is 9.79 Å². The van der Waals surface area contributed by atoms with Gasteiger partial charge in [0.05, 0.1) is 9.79 Å². The molecule has 7 heteroatoms. The van der Waals surface area contributed by atoms with Crippen LogP contribution < -0.4 is 16.6 Å². The summed E-state index contributed by atoms with van der Waals surface area (Å²) in [6.07, 6.45) is 0. The number of hydrogen-bond donors (Lipinski definition) is 3. The van der Waals surface area contributed by atoms with Crippen LogP contribution in [0, 0.1) is 10.7 Å². The fourth-order valence-corrected chi connectivity index (χ4v) is 1.58. The van der Waals surface area contributed by atoms with Gasteiger partial charge in [0.1, 0.15) is 17.0 Å². The van der Waals surface area contributed by atoms with E-state index in [-0.39, 0.29) is 11.6 Å². The molecule has 0 saturated heterocycles. The van der Waals surface area contributed by atoms with Gasteiger partial charge in [-0.1, -0.05) is 0 Å². The van der Waals surface area contributed by atoms with Gasteiger partial charge in [0.2, 0.25) is 0 Å². The zero-order chi connectivity index (χ0) is 9.84. The number of aromatic nitrogens is 1. The van der Waals surface area contributed by atoms with Crippen LogP contribution in [0.15, 0.2) is 15.9 Å². The molecule has 68 valence electrons. The van der Waals surface area contributed by atoms with Crippen molar-refractivity contribution < 1.29 is 0 Å². The second-order valence-electron chi connectivity index (χ2n) is 2.07. The van der Waals surface area contributed by atoms with Gasteiger partial charge in [-0.05, 0) is 29.8 Å². The van der Waals surface area contributed by atoms with E-state index in [2.05, 4.69) is 4.98 Å². The Hall–Kier alpha value is -1.10. The van der Waals surface area contributed by atoms with Crippen molar-refractivity contribution in [2.45, 2.75) is 9.79 Å². The number of nitrogens with zero attached hydrogens (tertiary/aromatic N) is 2. The van der Waals surface area contributed by atoms with Gasteiger partial charge in [-0.15, -0.1) is 0 Å². The maximum atomic E-state index is 8.44. The standard InChI is InChI=1S/C6H7N5S2/c7-2-12-3-1-4(13-10)6(9)11-5(3)8/h1H,10H2,(H4,8,9,11). The number of nitrogen functional groups attached to an aromatic ring is 2. The van der Waals surface area contributed by atoms with E-state index in [4.69, 9.17) is 21.9 Å². The minimum Gasteiger partial charge on any atom is -0.383 e. The number of nitrogens with two attached hydrogens (primary N) is 3. The minimum absolute atomic E-state index is 0.252. The molecule has 0 atom stereocenters. The van der Waals surface area contributed by atoms with Crippen molar-refractivity contribution in [1.82, 2.24) is 4.98 Å². The van der Waals surface area contributed by atoms with E-state index in [0.717, 1.165) is 23.7 Å². The van der Waals surface area contributed by atoms with Crippen molar-refractivity contribution in [1.29, 1.82) is 5.26 Å². The van der Waals surface area contributed by atoms with Crippen molar-refractivity contribution in [2.75, 3.05) is 11.5 Å². The molecule has 1 aromatic heterocycles. The lowest BCUT2D eigenvalue weighted by molar-refractivity contribution is 1.19. The highest BCUT2D eigenvalue weighted by Gasteiger charge is 2.07. The second kappa shape index (κ2) is 4.23. The summed E-state index contributed by atoms with van der Waals surface area (Å²) in [6.45, 7) is 0. The highest BCUT2D eigenvalue weighted by Crippen LogP contribution is 2.29. The molecular formula is C6H7N5S2. The summed E-state index contributed by atoms with van der Waals surface area (Å²) >= 11 is 1.91. The normalized spacial score (nSPS) is 9.54. The van der Waals surface area contributed by atoms with Crippen LogP contribution in [0.1, 0.15) is 0 Å². The van der Waals surface area contributed by atoms with E-state index in [1.807, 2.05) is 5.40 Å². The summed E-state index contributed by atoms with van der Waals surface area (Å²) in [5, 5.41) is 15.7. The molecule has 0 fully saturated rings. The third-order valence-electron chi connectivity index (χ3n) is 1.29. The largest absolute Gasteiger partial charge is 0.383 e. The summed E-state index contributed by atoms with van der Waals surface area (Å²) in [4.78, 5) is 5.04. The van der Waals surface area contributed by atoms with Crippen LogP contribution >= 0.6 is 23.7 Å². The molecule has 0 aliphatic rings. The number of rotatable bonds is 2. The van der Waals surface area contributed by atoms with E-state index >= 15 is 0 Å². The summed E-state index contributed by atoms with van der Waals surface area (Å²) in [5.41, 5.74) is 11.0. The number of hydrogen-bond acceptors (Lipinski definition) is 7. The van der Waals surface area contributed by atoms with Crippen LogP contribution in [0.4, 0.5) is 11.6 Å². The van der Waals surface area contributed by atoms with E-state index in [1.165, 1.54) is 0 Å². The van der Waals surface area contributed by atoms with Gasteiger partial charge in [0.15, 0.2) is 0 Å². The Kier molecular flexibility index (Phi) is 3.25. The smallest absolute Gasteiger partial charge is 0.140 e. The molecular weight excluding hydrogens is 206 g/mol. The summed E-state index contributed by atoms with van der Waals surface area (Å²) in [7, 11) is 0. The summed E-state index contributed by atoms with van der Waals surface area (Å²) in [5.74, 6) is 0.536. The molecule has 6 N–H and O–H groups in total. The van der Waals surface area contributed by atoms with Gasteiger partial charge in [-0.3, -0.25) is 5.14 Å². The second-order valence-corrected chi connectivity index (χ2v) is 3.57. The fraction of sp³-hybridized carbons (Fsp3) is 0. The van der Waals surface area contributed by atoms with Gasteiger partial charge in [-0.2, -0.15) is 5.26 Å². The lowest BCUT2D eigenvalue weighted by Gasteiger charge is -2.04. The Bertz CT molecular complexity index is 359. The van der Waals surface area contributed by atoms with E-state index < -0.39 is 0 Å². The number of thiocyanates is 1. The molecule has 0 aliphatic carbocycles. The molecule has 0 amide bonds. The van der Waals surface area contributed by atoms with Gasteiger partial charge in [-0.25, -0.2) is 4.98 Å². The Balaban J connectivity index is 3.16. The molecule has 5 nitrogen and oxygen atoms in total. The lowest BCUT2D eigenvalue weighted by atomic mass is 10.4. The van der Waals surface area contributed by atoms with Gasteiger partial charge in [0, 0.05) is 0 Å². The number of nitriles is 1. The highest BCUT2D eigenvalue weighted by atomic mass is 32.2. The number of anilines is 2. The molecule has 13 heavy (non-hydrogen) atoms. The molecule has 1 rings (SSSR count). The quantitative estimate of drug-likeness (QED) is 0.378. The van der Waals surface area contributed by atoms with Crippen LogP contribution in [-0.4, -0.2) is 4.98 Å². The SMILES string of the molecule is N#CSc1cc(SN)c(N)nc1N. The molecule has 0 aliphatic heterocycles. The first-order valence-corrected chi connectivity index (χ1v) is 4.87. The number of pyridine rings is 1. The van der Waals surface area contributed by atoms with Crippen molar-refractivity contribution in [2.24, 2.45) is 5.14 Å². The van der Waals surface area contributed by atoms with Crippen LogP contribution in [0.25, 0.3) is 0 Å². The van der Waals surface area contributed by atoms with Crippen molar-refractivity contribution in [3.8, 4) is 5.40 Å². The van der Waals surface area contributed by atoms with Crippen molar-refractivity contribution >= 4 is 35.3 Å². The predicted octanol–water partition coefficient (Wildman–Crippen LogP) is 0.785. The summed E-state index contributed by atoms with van der Waals surface area (Å²) < 4.78 is 0. The van der Waals surface area contributed by atoms with Crippen LogP contribution in [0.2, 0.25) is 0 Å². The Morgan fingerprint density at radius 1 is 1.31 bits per heavy atom. The average Bonchev–Trinajstić information content (AvgIpc) is 2.10. The zero-order valence-corrected chi connectivity index (χ0v) is 8.15. The molecule has 0 bridgehead atoms. The maximum absolute atomic E-state index is 8.44. The first-order chi connectivity index (χ1) is 6.19. The Labute approximate surface area is 83.8 Å². The zero-order valence-electron chi connectivity index (χ0n) is 6.52. The Morgan fingerprint density at radius 3 is 2.46 bits per heavy atom. The monoisotopic (exact) mass is 213 g/mol. The minimum atomic E-state index is 0.252. The fourth-order valence-electron chi connectivity index (χ4n) is 0.732. The predicted molar refractivity (Wildman–Crippen MR) is 54.6 cm³/mol. The maximum Gasteiger partial charge on any atom is 0.140 e. The molecule has 0 unspecified atom stereocenters. The van der Waals surface area contributed by atoms with Crippen molar-refractivity contribution in [3.63, 3.8) is 0 Å². The van der Waals surface area contributed by atoms with Gasteiger partial charge >= 0.3 is 0 Å². The topological polar surface area (TPSA) is 115 Å². The lowest BCUT2D eigenvalue weighted by Crippen LogP contribution is -2.00. The Morgan fingerprint density at radius 2 is 1.92 bits per heavy atom. The van der Waals surface area contributed by atoms with Gasteiger partial charge in [0.25, 0.3) is 0 Å².